The summed E-state index contributed by atoms with van der Waals surface area (Å²) in [6.07, 6.45) is 2.41. The number of nitrogens with two attached hydrogens (primary N) is 1. The zero-order valence-corrected chi connectivity index (χ0v) is 9.82. The molecule has 4 heteroatoms. The Morgan fingerprint density at radius 2 is 2.19 bits per heavy atom. The van der Waals surface area contributed by atoms with Gasteiger partial charge in [0.05, 0.1) is 12.2 Å². The zero-order chi connectivity index (χ0) is 11.4. The van der Waals surface area contributed by atoms with Crippen molar-refractivity contribution in [3.63, 3.8) is 0 Å². The van der Waals surface area contributed by atoms with E-state index in [1.807, 2.05) is 18.2 Å². The first-order valence-corrected chi connectivity index (χ1v) is 5.89. The summed E-state index contributed by atoms with van der Waals surface area (Å²) in [5, 5.41) is 0.685. The second kappa shape index (κ2) is 5.53. The van der Waals surface area contributed by atoms with E-state index < -0.39 is 0 Å². The molecule has 3 nitrogen and oxygen atoms in total. The van der Waals surface area contributed by atoms with Crippen molar-refractivity contribution in [1.82, 2.24) is 0 Å². The number of halogens is 1. The number of benzene rings is 1. The first kappa shape index (κ1) is 11.7. The van der Waals surface area contributed by atoms with Gasteiger partial charge < -0.3 is 15.2 Å². The summed E-state index contributed by atoms with van der Waals surface area (Å²) >= 11 is 5.86. The number of hydrogen-bond acceptors (Lipinski definition) is 3. The van der Waals surface area contributed by atoms with Gasteiger partial charge in [0.25, 0.3) is 0 Å². The molecule has 1 saturated heterocycles. The average Bonchev–Trinajstić information content (AvgIpc) is 2.74. The molecule has 1 heterocycles. The number of rotatable bonds is 4. The Hall–Kier alpha value is -0.770. The number of ether oxygens (including phenoxy) is 2. The van der Waals surface area contributed by atoms with Crippen molar-refractivity contribution < 1.29 is 9.47 Å². The minimum atomic E-state index is 0.160. The van der Waals surface area contributed by atoms with Gasteiger partial charge in [-0.15, -0.1) is 0 Å². The minimum Gasteiger partial charge on any atom is -0.491 e. The molecule has 2 unspecified atom stereocenters. The SMILES string of the molecule is NCC1CCC(COc2cccc(Cl)c2)O1. The van der Waals surface area contributed by atoms with Crippen LogP contribution in [0.1, 0.15) is 12.8 Å². The lowest BCUT2D eigenvalue weighted by atomic mass is 10.2. The molecule has 0 aromatic heterocycles. The van der Waals surface area contributed by atoms with E-state index in [1.54, 1.807) is 6.07 Å². The largest absolute Gasteiger partial charge is 0.491 e. The fraction of sp³-hybridized carbons (Fsp3) is 0.500. The second-order valence-corrected chi connectivity index (χ2v) is 4.40. The van der Waals surface area contributed by atoms with Gasteiger partial charge >= 0.3 is 0 Å². The summed E-state index contributed by atoms with van der Waals surface area (Å²) < 4.78 is 11.3. The van der Waals surface area contributed by atoms with Crippen LogP contribution in [0, 0.1) is 0 Å². The lowest BCUT2D eigenvalue weighted by Gasteiger charge is -2.13. The Morgan fingerprint density at radius 1 is 1.38 bits per heavy atom. The smallest absolute Gasteiger partial charge is 0.120 e. The van der Waals surface area contributed by atoms with E-state index >= 15 is 0 Å². The third-order valence-corrected chi connectivity index (χ3v) is 2.93. The summed E-state index contributed by atoms with van der Waals surface area (Å²) in [6.45, 7) is 1.16. The fourth-order valence-corrected chi connectivity index (χ4v) is 2.00. The van der Waals surface area contributed by atoms with Crippen LogP contribution < -0.4 is 10.5 Å². The van der Waals surface area contributed by atoms with Crippen molar-refractivity contribution >= 4 is 11.6 Å². The van der Waals surface area contributed by atoms with E-state index in [2.05, 4.69) is 0 Å². The maximum absolute atomic E-state index is 5.86. The Balaban J connectivity index is 1.80. The minimum absolute atomic E-state index is 0.160. The normalized spacial score (nSPS) is 24.6. The van der Waals surface area contributed by atoms with Crippen LogP contribution in [0.5, 0.6) is 5.75 Å². The van der Waals surface area contributed by atoms with Gasteiger partial charge in [-0.25, -0.2) is 0 Å². The van der Waals surface area contributed by atoms with E-state index in [0.717, 1.165) is 18.6 Å². The Bertz CT molecular complexity index is 346. The van der Waals surface area contributed by atoms with Crippen LogP contribution in [-0.2, 0) is 4.74 Å². The van der Waals surface area contributed by atoms with Gasteiger partial charge in [0.2, 0.25) is 0 Å². The van der Waals surface area contributed by atoms with Crippen molar-refractivity contribution in [2.24, 2.45) is 5.73 Å². The van der Waals surface area contributed by atoms with Crippen LogP contribution in [0.3, 0.4) is 0 Å². The Kier molecular flexibility index (Phi) is 4.04. The molecule has 1 aromatic carbocycles. The highest BCUT2D eigenvalue weighted by Crippen LogP contribution is 2.21. The highest BCUT2D eigenvalue weighted by Gasteiger charge is 2.24. The first-order chi connectivity index (χ1) is 7.78. The zero-order valence-electron chi connectivity index (χ0n) is 9.06. The third-order valence-electron chi connectivity index (χ3n) is 2.69. The van der Waals surface area contributed by atoms with Crippen LogP contribution in [0.15, 0.2) is 24.3 Å². The molecule has 1 aliphatic rings. The molecule has 2 N–H and O–H groups in total. The summed E-state index contributed by atoms with van der Waals surface area (Å²) in [4.78, 5) is 0. The van der Waals surface area contributed by atoms with Gasteiger partial charge in [0.15, 0.2) is 0 Å². The summed E-state index contributed by atoms with van der Waals surface area (Å²) in [5.74, 6) is 0.785. The van der Waals surface area contributed by atoms with Gasteiger partial charge in [-0.2, -0.15) is 0 Å². The maximum Gasteiger partial charge on any atom is 0.120 e. The molecule has 1 aliphatic heterocycles. The third kappa shape index (κ3) is 3.11. The molecule has 0 amide bonds. The van der Waals surface area contributed by atoms with Gasteiger partial charge in [-0.1, -0.05) is 17.7 Å². The van der Waals surface area contributed by atoms with Crippen molar-refractivity contribution in [1.29, 1.82) is 0 Å². The van der Waals surface area contributed by atoms with Crippen LogP contribution in [-0.4, -0.2) is 25.4 Å². The predicted molar refractivity (Wildman–Crippen MR) is 63.9 cm³/mol. The van der Waals surface area contributed by atoms with Crippen molar-refractivity contribution in [2.75, 3.05) is 13.2 Å². The van der Waals surface area contributed by atoms with Crippen LogP contribution >= 0.6 is 11.6 Å². The lowest BCUT2D eigenvalue weighted by Crippen LogP contribution is -2.23. The van der Waals surface area contributed by atoms with Gasteiger partial charge in [0, 0.05) is 11.6 Å². The highest BCUT2D eigenvalue weighted by molar-refractivity contribution is 6.30. The molecular weight excluding hydrogens is 226 g/mol. The van der Waals surface area contributed by atoms with E-state index in [4.69, 9.17) is 26.8 Å². The van der Waals surface area contributed by atoms with E-state index in [-0.39, 0.29) is 12.2 Å². The van der Waals surface area contributed by atoms with Crippen molar-refractivity contribution in [3.05, 3.63) is 29.3 Å². The van der Waals surface area contributed by atoms with E-state index in [0.29, 0.717) is 18.2 Å². The average molecular weight is 242 g/mol. The molecule has 0 spiro atoms. The molecular formula is C12H16ClNO2. The fourth-order valence-electron chi connectivity index (χ4n) is 1.82. The van der Waals surface area contributed by atoms with Crippen molar-refractivity contribution in [2.45, 2.75) is 25.0 Å². The molecule has 0 bridgehead atoms. The summed E-state index contributed by atoms with van der Waals surface area (Å²) in [7, 11) is 0. The lowest BCUT2D eigenvalue weighted by molar-refractivity contribution is 0.0222. The monoisotopic (exact) mass is 241 g/mol. The van der Waals surface area contributed by atoms with Gasteiger partial charge in [-0.3, -0.25) is 0 Å². The molecule has 0 radical (unpaired) electrons. The quantitative estimate of drug-likeness (QED) is 0.879. The summed E-state index contributed by atoms with van der Waals surface area (Å²) in [6, 6.07) is 7.39. The predicted octanol–water partition coefficient (Wildman–Crippen LogP) is 2.23. The first-order valence-electron chi connectivity index (χ1n) is 5.52. The molecule has 0 aliphatic carbocycles. The van der Waals surface area contributed by atoms with E-state index in [9.17, 15) is 0 Å². The van der Waals surface area contributed by atoms with Crippen LogP contribution in [0.25, 0.3) is 0 Å². The molecule has 0 saturated carbocycles. The Labute approximate surface area is 100 Å². The Morgan fingerprint density at radius 3 is 2.88 bits per heavy atom. The highest BCUT2D eigenvalue weighted by atomic mass is 35.5. The van der Waals surface area contributed by atoms with Crippen molar-refractivity contribution in [3.8, 4) is 5.75 Å². The number of hydrogen-bond donors (Lipinski definition) is 1. The molecule has 2 atom stereocenters. The van der Waals surface area contributed by atoms with E-state index in [1.165, 1.54) is 0 Å². The summed E-state index contributed by atoms with van der Waals surface area (Å²) in [5.41, 5.74) is 5.54. The topological polar surface area (TPSA) is 44.5 Å². The maximum atomic E-state index is 5.86. The van der Waals surface area contributed by atoms with Crippen LogP contribution in [0.2, 0.25) is 5.02 Å². The van der Waals surface area contributed by atoms with Gasteiger partial charge in [-0.05, 0) is 31.0 Å². The standard InChI is InChI=1S/C12H16ClNO2/c13-9-2-1-3-10(6-9)15-8-12-5-4-11(7-14)16-12/h1-3,6,11-12H,4-5,7-8,14H2. The molecule has 1 fully saturated rings. The second-order valence-electron chi connectivity index (χ2n) is 3.96. The van der Waals surface area contributed by atoms with Crippen LogP contribution in [0.4, 0.5) is 0 Å². The molecule has 2 rings (SSSR count). The molecule has 16 heavy (non-hydrogen) atoms. The molecule has 1 aromatic rings. The molecule has 88 valence electrons. The van der Waals surface area contributed by atoms with Gasteiger partial charge in [0.1, 0.15) is 12.4 Å².